The minimum absolute atomic E-state index is 0.139. The normalized spacial score (nSPS) is 13.4. The van der Waals surface area contributed by atoms with Crippen LogP contribution in [0.2, 0.25) is 0 Å². The maximum absolute atomic E-state index is 12.9. The summed E-state index contributed by atoms with van der Waals surface area (Å²) in [5.41, 5.74) is 3.66. The molecule has 0 atom stereocenters. The van der Waals surface area contributed by atoms with Crippen molar-refractivity contribution in [3.8, 4) is 11.8 Å². The third kappa shape index (κ3) is 5.01. The van der Waals surface area contributed by atoms with Crippen LogP contribution >= 0.6 is 0 Å². The standard InChI is InChI=1S/C25H27N5O/c1-18(2)20-10-8-19(9-11-20)16-29(22-12-13-22)17-24(31)28-25-21(14-26)15-27-30(25)23-6-4-3-5-7-23/h3-11,15,18,22H,12-13,16-17H2,1-2H3,(H,28,31). The van der Waals surface area contributed by atoms with Crippen LogP contribution in [0.5, 0.6) is 0 Å². The van der Waals surface area contributed by atoms with Crippen LogP contribution in [-0.2, 0) is 11.3 Å². The van der Waals surface area contributed by atoms with Gasteiger partial charge in [0.1, 0.15) is 11.6 Å². The molecule has 3 aromatic rings. The predicted octanol–water partition coefficient (Wildman–Crippen LogP) is 4.47. The second-order valence-corrected chi connectivity index (χ2v) is 8.35. The molecule has 0 saturated heterocycles. The van der Waals surface area contributed by atoms with Gasteiger partial charge < -0.3 is 5.32 Å². The molecule has 1 saturated carbocycles. The zero-order valence-electron chi connectivity index (χ0n) is 18.0. The topological polar surface area (TPSA) is 74.0 Å². The Labute approximate surface area is 183 Å². The quantitative estimate of drug-likeness (QED) is 0.591. The number of benzene rings is 2. The first-order valence-corrected chi connectivity index (χ1v) is 10.7. The van der Waals surface area contributed by atoms with E-state index in [1.165, 1.54) is 17.3 Å². The van der Waals surface area contributed by atoms with Crippen LogP contribution in [0.1, 0.15) is 49.3 Å². The van der Waals surface area contributed by atoms with E-state index in [-0.39, 0.29) is 12.5 Å². The molecule has 0 bridgehead atoms. The number of carbonyl (C=O) groups is 1. The molecule has 1 aromatic heterocycles. The molecule has 1 aliphatic carbocycles. The molecule has 6 nitrogen and oxygen atoms in total. The van der Waals surface area contributed by atoms with Crippen LogP contribution in [0.3, 0.4) is 0 Å². The Morgan fingerprint density at radius 1 is 1.19 bits per heavy atom. The summed E-state index contributed by atoms with van der Waals surface area (Å²) in [5.74, 6) is 0.777. The minimum atomic E-state index is -0.139. The monoisotopic (exact) mass is 413 g/mol. The van der Waals surface area contributed by atoms with Gasteiger partial charge in [0.2, 0.25) is 5.91 Å². The Morgan fingerprint density at radius 2 is 1.90 bits per heavy atom. The Hall–Kier alpha value is -3.43. The summed E-state index contributed by atoms with van der Waals surface area (Å²) in [5, 5.41) is 16.7. The molecule has 158 valence electrons. The first-order chi connectivity index (χ1) is 15.0. The minimum Gasteiger partial charge on any atom is -0.308 e. The summed E-state index contributed by atoms with van der Waals surface area (Å²) >= 11 is 0. The summed E-state index contributed by atoms with van der Waals surface area (Å²) < 4.78 is 1.60. The van der Waals surface area contributed by atoms with Gasteiger partial charge in [-0.2, -0.15) is 10.4 Å². The lowest BCUT2D eigenvalue weighted by molar-refractivity contribution is -0.117. The molecule has 1 aliphatic rings. The molecule has 1 fully saturated rings. The van der Waals surface area contributed by atoms with Crippen LogP contribution in [0.15, 0.2) is 60.8 Å². The Balaban J connectivity index is 1.47. The van der Waals surface area contributed by atoms with E-state index in [2.05, 4.69) is 59.5 Å². The molecular weight excluding hydrogens is 386 g/mol. The molecule has 31 heavy (non-hydrogen) atoms. The van der Waals surface area contributed by atoms with Gasteiger partial charge in [-0.1, -0.05) is 56.3 Å². The zero-order chi connectivity index (χ0) is 21.8. The van der Waals surface area contributed by atoms with Gasteiger partial charge in [0.25, 0.3) is 0 Å². The molecule has 1 N–H and O–H groups in total. The van der Waals surface area contributed by atoms with Crippen molar-refractivity contribution in [3.05, 3.63) is 77.5 Å². The second kappa shape index (κ2) is 9.15. The van der Waals surface area contributed by atoms with Crippen LogP contribution < -0.4 is 5.32 Å². The first-order valence-electron chi connectivity index (χ1n) is 10.7. The van der Waals surface area contributed by atoms with Crippen molar-refractivity contribution in [2.24, 2.45) is 0 Å². The van der Waals surface area contributed by atoms with Crippen molar-refractivity contribution in [1.29, 1.82) is 5.26 Å². The maximum Gasteiger partial charge on any atom is 0.239 e. The van der Waals surface area contributed by atoms with Gasteiger partial charge in [0, 0.05) is 12.6 Å². The number of hydrogen-bond donors (Lipinski definition) is 1. The summed E-state index contributed by atoms with van der Waals surface area (Å²) in [7, 11) is 0. The van der Waals surface area contributed by atoms with Crippen molar-refractivity contribution in [1.82, 2.24) is 14.7 Å². The van der Waals surface area contributed by atoms with Crippen molar-refractivity contribution < 1.29 is 4.79 Å². The molecule has 2 aromatic carbocycles. The lowest BCUT2D eigenvalue weighted by Crippen LogP contribution is -2.35. The van der Waals surface area contributed by atoms with Crippen molar-refractivity contribution in [2.45, 2.75) is 45.2 Å². The number of rotatable bonds is 8. The Bertz CT molecular complexity index is 1080. The van der Waals surface area contributed by atoms with E-state index in [1.807, 2.05) is 30.3 Å². The van der Waals surface area contributed by atoms with E-state index >= 15 is 0 Å². The maximum atomic E-state index is 12.9. The van der Waals surface area contributed by atoms with Crippen LogP contribution in [0, 0.1) is 11.3 Å². The number of aromatic nitrogens is 2. The first kappa shape index (κ1) is 20.8. The average molecular weight is 414 g/mol. The van der Waals surface area contributed by atoms with Gasteiger partial charge >= 0.3 is 0 Å². The van der Waals surface area contributed by atoms with E-state index in [4.69, 9.17) is 0 Å². The van der Waals surface area contributed by atoms with Gasteiger partial charge in [-0.25, -0.2) is 4.68 Å². The zero-order valence-corrected chi connectivity index (χ0v) is 18.0. The van der Waals surface area contributed by atoms with Gasteiger partial charge in [0.05, 0.1) is 18.4 Å². The number of amides is 1. The Morgan fingerprint density at radius 3 is 2.52 bits per heavy atom. The van der Waals surface area contributed by atoms with Crippen molar-refractivity contribution in [3.63, 3.8) is 0 Å². The highest BCUT2D eigenvalue weighted by atomic mass is 16.2. The number of carbonyl (C=O) groups excluding carboxylic acids is 1. The molecule has 0 aliphatic heterocycles. The highest BCUT2D eigenvalue weighted by Gasteiger charge is 2.30. The second-order valence-electron chi connectivity index (χ2n) is 8.35. The van der Waals surface area contributed by atoms with E-state index in [0.29, 0.717) is 23.3 Å². The summed E-state index contributed by atoms with van der Waals surface area (Å²) in [6.07, 6.45) is 3.71. The van der Waals surface area contributed by atoms with Crippen LogP contribution in [-0.4, -0.2) is 33.2 Å². The molecule has 1 heterocycles. The third-order valence-electron chi connectivity index (χ3n) is 5.59. The number of nitriles is 1. The number of anilines is 1. The smallest absolute Gasteiger partial charge is 0.239 e. The lowest BCUT2D eigenvalue weighted by atomic mass is 10.0. The summed E-state index contributed by atoms with van der Waals surface area (Å²) in [6.45, 7) is 5.39. The summed E-state index contributed by atoms with van der Waals surface area (Å²) in [6, 6.07) is 20.7. The largest absolute Gasteiger partial charge is 0.308 e. The van der Waals surface area contributed by atoms with Gasteiger partial charge in [-0.15, -0.1) is 0 Å². The number of nitrogens with one attached hydrogen (secondary N) is 1. The lowest BCUT2D eigenvalue weighted by Gasteiger charge is -2.22. The molecule has 1 amide bonds. The van der Waals surface area contributed by atoms with Gasteiger partial charge in [0.15, 0.2) is 5.82 Å². The number of hydrogen-bond acceptors (Lipinski definition) is 4. The highest BCUT2D eigenvalue weighted by molar-refractivity contribution is 5.93. The Kier molecular flexibility index (Phi) is 6.15. The fraction of sp³-hybridized carbons (Fsp3) is 0.320. The predicted molar refractivity (Wildman–Crippen MR) is 121 cm³/mol. The van der Waals surface area contributed by atoms with E-state index in [0.717, 1.165) is 25.1 Å². The molecular formula is C25H27N5O. The third-order valence-corrected chi connectivity index (χ3v) is 5.59. The van der Waals surface area contributed by atoms with Crippen LogP contribution in [0.25, 0.3) is 5.69 Å². The molecule has 0 spiro atoms. The van der Waals surface area contributed by atoms with Crippen molar-refractivity contribution >= 4 is 11.7 Å². The number of para-hydroxylation sites is 1. The number of nitrogens with zero attached hydrogens (tertiary/aromatic N) is 4. The molecule has 6 heteroatoms. The van der Waals surface area contributed by atoms with E-state index in [9.17, 15) is 10.1 Å². The van der Waals surface area contributed by atoms with Gasteiger partial charge in [-0.3, -0.25) is 9.69 Å². The molecule has 4 rings (SSSR count). The van der Waals surface area contributed by atoms with Gasteiger partial charge in [-0.05, 0) is 42.0 Å². The van der Waals surface area contributed by atoms with E-state index in [1.54, 1.807) is 4.68 Å². The van der Waals surface area contributed by atoms with Crippen LogP contribution in [0.4, 0.5) is 5.82 Å². The fourth-order valence-electron chi connectivity index (χ4n) is 3.67. The summed E-state index contributed by atoms with van der Waals surface area (Å²) in [4.78, 5) is 15.2. The van der Waals surface area contributed by atoms with Crippen molar-refractivity contribution in [2.75, 3.05) is 11.9 Å². The fourth-order valence-corrected chi connectivity index (χ4v) is 3.67. The highest BCUT2D eigenvalue weighted by Crippen LogP contribution is 2.29. The SMILES string of the molecule is CC(C)c1ccc(CN(CC(=O)Nc2c(C#N)cnn2-c2ccccc2)C2CC2)cc1. The van der Waals surface area contributed by atoms with E-state index < -0.39 is 0 Å². The molecule has 0 unspecified atom stereocenters. The molecule has 0 radical (unpaired) electrons. The average Bonchev–Trinajstić information content (AvgIpc) is 3.55.